The van der Waals surface area contributed by atoms with Crippen LogP contribution in [0.1, 0.15) is 31.7 Å². The van der Waals surface area contributed by atoms with Crippen molar-refractivity contribution in [3.8, 4) is 0 Å². The Labute approximate surface area is 130 Å². The molecular weight excluding hydrogens is 282 g/mol. The third-order valence-electron chi connectivity index (χ3n) is 3.90. The van der Waals surface area contributed by atoms with E-state index in [9.17, 15) is 9.59 Å². The van der Waals surface area contributed by atoms with E-state index in [2.05, 4.69) is 10.6 Å². The second-order valence-electron chi connectivity index (χ2n) is 5.64. The number of aliphatic hydroxyl groups excluding tert-OH is 1. The molecule has 1 fully saturated rings. The molecule has 1 aromatic carbocycles. The lowest BCUT2D eigenvalue weighted by molar-refractivity contribution is -0.114. The molecule has 0 spiro atoms. The van der Waals surface area contributed by atoms with Crippen molar-refractivity contribution >= 4 is 23.3 Å². The number of benzene rings is 1. The van der Waals surface area contributed by atoms with Crippen molar-refractivity contribution in [1.82, 2.24) is 4.90 Å². The van der Waals surface area contributed by atoms with E-state index in [-0.39, 0.29) is 24.6 Å². The quantitative estimate of drug-likeness (QED) is 0.798. The Hall–Kier alpha value is -2.08. The average Bonchev–Trinajstić information content (AvgIpc) is 2.91. The van der Waals surface area contributed by atoms with E-state index >= 15 is 0 Å². The van der Waals surface area contributed by atoms with Gasteiger partial charge in [0.15, 0.2) is 0 Å². The summed E-state index contributed by atoms with van der Waals surface area (Å²) in [5.74, 6) is -0.149. The molecule has 3 amide bonds. The Kier molecular flexibility index (Phi) is 5.38. The molecule has 1 aliphatic heterocycles. The van der Waals surface area contributed by atoms with Crippen molar-refractivity contribution in [2.24, 2.45) is 0 Å². The highest BCUT2D eigenvalue weighted by Gasteiger charge is 2.28. The number of likely N-dealkylation sites (tertiary alicyclic amines) is 1. The van der Waals surface area contributed by atoms with Gasteiger partial charge in [0, 0.05) is 37.5 Å². The summed E-state index contributed by atoms with van der Waals surface area (Å²) in [6, 6.07) is 5.36. The number of nitrogens with one attached hydrogen (secondary N) is 2. The van der Waals surface area contributed by atoms with Gasteiger partial charge in [-0.25, -0.2) is 4.79 Å². The predicted octanol–water partition coefficient (Wildman–Crippen LogP) is 2.33. The summed E-state index contributed by atoms with van der Waals surface area (Å²) in [6.45, 7) is 4.15. The Balaban J connectivity index is 2.09. The summed E-state index contributed by atoms with van der Waals surface area (Å²) in [5.41, 5.74) is 2.27. The minimum Gasteiger partial charge on any atom is -0.396 e. The van der Waals surface area contributed by atoms with E-state index in [1.165, 1.54) is 6.92 Å². The highest BCUT2D eigenvalue weighted by atomic mass is 16.3. The lowest BCUT2D eigenvalue weighted by Gasteiger charge is -2.25. The Morgan fingerprint density at radius 1 is 1.36 bits per heavy atom. The van der Waals surface area contributed by atoms with Gasteiger partial charge in [0.1, 0.15) is 0 Å². The Bertz CT molecular complexity index is 560. The van der Waals surface area contributed by atoms with Crippen LogP contribution in [0, 0.1) is 6.92 Å². The van der Waals surface area contributed by atoms with Crippen molar-refractivity contribution in [3.63, 3.8) is 0 Å². The molecule has 1 unspecified atom stereocenters. The number of hydrogen-bond donors (Lipinski definition) is 3. The Morgan fingerprint density at radius 3 is 2.82 bits per heavy atom. The fourth-order valence-electron chi connectivity index (χ4n) is 2.78. The van der Waals surface area contributed by atoms with Gasteiger partial charge in [0.25, 0.3) is 0 Å². The molecule has 0 aromatic heterocycles. The van der Waals surface area contributed by atoms with Crippen LogP contribution in [0.4, 0.5) is 16.2 Å². The number of carbonyl (C=O) groups is 2. The first kappa shape index (κ1) is 16.3. The first-order valence-electron chi connectivity index (χ1n) is 7.58. The van der Waals surface area contributed by atoms with E-state index in [4.69, 9.17) is 5.11 Å². The van der Waals surface area contributed by atoms with Crippen LogP contribution in [-0.4, -0.2) is 41.1 Å². The standard InChI is InChI=1S/C16H23N3O3/c1-11-5-6-13(17-12(2)21)10-15(11)18-16(22)19-8-3-4-14(19)7-9-20/h5-6,10,14,20H,3-4,7-9H2,1-2H3,(H,17,21)(H,18,22). The summed E-state index contributed by atoms with van der Waals surface area (Å²) < 4.78 is 0. The van der Waals surface area contributed by atoms with Crippen LogP contribution in [0.3, 0.4) is 0 Å². The van der Waals surface area contributed by atoms with Crippen LogP contribution in [0.2, 0.25) is 0 Å². The molecule has 0 saturated carbocycles. The van der Waals surface area contributed by atoms with Crippen LogP contribution in [0.5, 0.6) is 0 Å². The van der Waals surface area contributed by atoms with Crippen LogP contribution in [0.25, 0.3) is 0 Å². The third kappa shape index (κ3) is 3.98. The van der Waals surface area contributed by atoms with Gasteiger partial charge in [-0.1, -0.05) is 6.07 Å². The summed E-state index contributed by atoms with van der Waals surface area (Å²) >= 11 is 0. The summed E-state index contributed by atoms with van der Waals surface area (Å²) in [4.78, 5) is 25.3. The molecule has 3 N–H and O–H groups in total. The highest BCUT2D eigenvalue weighted by molar-refractivity contribution is 5.93. The summed E-state index contributed by atoms with van der Waals surface area (Å²) in [6.07, 6.45) is 2.50. The minimum absolute atomic E-state index is 0.0888. The maximum atomic E-state index is 12.4. The number of nitrogens with zero attached hydrogens (tertiary/aromatic N) is 1. The zero-order chi connectivity index (χ0) is 16.1. The molecule has 6 heteroatoms. The van der Waals surface area contributed by atoms with Crippen molar-refractivity contribution in [2.45, 2.75) is 39.2 Å². The number of amides is 3. The van der Waals surface area contributed by atoms with Crippen LogP contribution < -0.4 is 10.6 Å². The van der Waals surface area contributed by atoms with Gasteiger partial charge < -0.3 is 20.6 Å². The fourth-order valence-corrected chi connectivity index (χ4v) is 2.78. The molecule has 1 atom stereocenters. The maximum absolute atomic E-state index is 12.4. The van der Waals surface area contributed by atoms with E-state index in [1.807, 2.05) is 13.0 Å². The monoisotopic (exact) mass is 305 g/mol. The van der Waals surface area contributed by atoms with Gasteiger partial charge in [-0.3, -0.25) is 4.79 Å². The van der Waals surface area contributed by atoms with Crippen molar-refractivity contribution in [1.29, 1.82) is 0 Å². The Morgan fingerprint density at radius 2 is 2.14 bits per heavy atom. The van der Waals surface area contributed by atoms with E-state index in [1.54, 1.807) is 17.0 Å². The molecule has 1 aliphatic rings. The topological polar surface area (TPSA) is 81.7 Å². The van der Waals surface area contributed by atoms with Gasteiger partial charge in [-0.2, -0.15) is 0 Å². The number of anilines is 2. The van der Waals surface area contributed by atoms with Crippen LogP contribution in [0.15, 0.2) is 18.2 Å². The zero-order valence-corrected chi connectivity index (χ0v) is 13.1. The summed E-state index contributed by atoms with van der Waals surface area (Å²) in [7, 11) is 0. The van der Waals surface area contributed by atoms with Gasteiger partial charge >= 0.3 is 6.03 Å². The second-order valence-corrected chi connectivity index (χ2v) is 5.64. The molecule has 0 radical (unpaired) electrons. The average molecular weight is 305 g/mol. The first-order valence-corrected chi connectivity index (χ1v) is 7.58. The van der Waals surface area contributed by atoms with E-state index in [0.29, 0.717) is 24.3 Å². The minimum atomic E-state index is -0.154. The lowest BCUT2D eigenvalue weighted by Crippen LogP contribution is -2.39. The van der Waals surface area contributed by atoms with E-state index in [0.717, 1.165) is 18.4 Å². The normalized spacial score (nSPS) is 17.4. The molecule has 0 aliphatic carbocycles. The largest absolute Gasteiger partial charge is 0.396 e. The van der Waals surface area contributed by atoms with Crippen molar-refractivity contribution in [2.75, 3.05) is 23.8 Å². The SMILES string of the molecule is CC(=O)Nc1ccc(C)c(NC(=O)N2CCCC2CCO)c1. The molecule has 22 heavy (non-hydrogen) atoms. The number of hydrogen-bond acceptors (Lipinski definition) is 3. The van der Waals surface area contributed by atoms with Gasteiger partial charge in [-0.05, 0) is 43.9 Å². The first-order chi connectivity index (χ1) is 10.5. The molecule has 1 heterocycles. The molecular formula is C16H23N3O3. The highest BCUT2D eigenvalue weighted by Crippen LogP contribution is 2.24. The second kappa shape index (κ2) is 7.26. The molecule has 0 bridgehead atoms. The molecule has 6 nitrogen and oxygen atoms in total. The van der Waals surface area contributed by atoms with Crippen molar-refractivity contribution < 1.29 is 14.7 Å². The number of aliphatic hydroxyl groups is 1. The zero-order valence-electron chi connectivity index (χ0n) is 13.1. The number of carbonyl (C=O) groups excluding carboxylic acids is 2. The van der Waals surface area contributed by atoms with Gasteiger partial charge in [0.05, 0.1) is 0 Å². The molecule has 2 rings (SSSR count). The maximum Gasteiger partial charge on any atom is 0.322 e. The van der Waals surface area contributed by atoms with Crippen LogP contribution >= 0.6 is 0 Å². The molecule has 1 aromatic rings. The molecule has 120 valence electrons. The fraction of sp³-hybridized carbons (Fsp3) is 0.500. The molecule has 1 saturated heterocycles. The third-order valence-corrected chi connectivity index (χ3v) is 3.90. The number of rotatable bonds is 4. The smallest absolute Gasteiger partial charge is 0.322 e. The van der Waals surface area contributed by atoms with Crippen LogP contribution in [-0.2, 0) is 4.79 Å². The number of aryl methyl sites for hydroxylation is 1. The lowest BCUT2D eigenvalue weighted by atomic mass is 10.1. The van der Waals surface area contributed by atoms with Crippen molar-refractivity contribution in [3.05, 3.63) is 23.8 Å². The predicted molar refractivity (Wildman–Crippen MR) is 85.9 cm³/mol. The number of urea groups is 1. The van der Waals surface area contributed by atoms with E-state index < -0.39 is 0 Å². The van der Waals surface area contributed by atoms with Gasteiger partial charge in [0.2, 0.25) is 5.91 Å². The van der Waals surface area contributed by atoms with Gasteiger partial charge in [-0.15, -0.1) is 0 Å². The summed E-state index contributed by atoms with van der Waals surface area (Å²) in [5, 5.41) is 14.7.